The summed E-state index contributed by atoms with van der Waals surface area (Å²) in [4.78, 5) is 23.8. The number of carbonyl (C=O) groups is 1. The first-order valence-corrected chi connectivity index (χ1v) is 16.6. The molecule has 1 fully saturated rings. The number of anilines is 2. The standard InChI is InChI=1S/C37H43N6O3P/c1-5-27-11-14-35(36(47)19-27)45-24-29-9-8-10-37(41-29)46-31-15-17-42(18-16-31)23-26(4)40-32-13-12-28(34(44)6-2)20-33(32)39-22-30-21-38-25-43(30)7-3/h1,8-14,19-21,25,31,39-40H,4,6-7,15-18,22-24,47H2,2-3H3. The monoisotopic (exact) mass is 650 g/mol. The number of hydrogen-bond acceptors (Lipinski definition) is 8. The minimum absolute atomic E-state index is 0.0853. The van der Waals surface area contributed by atoms with Crippen LogP contribution < -0.4 is 25.4 Å². The van der Waals surface area contributed by atoms with Crippen molar-refractivity contribution in [3.8, 4) is 24.0 Å². The molecule has 2 aromatic heterocycles. The molecule has 0 bridgehead atoms. The van der Waals surface area contributed by atoms with Gasteiger partial charge in [-0.25, -0.2) is 9.97 Å². The summed E-state index contributed by atoms with van der Waals surface area (Å²) in [5, 5.41) is 7.91. The number of rotatable bonds is 15. The van der Waals surface area contributed by atoms with Crippen LogP contribution in [-0.2, 0) is 19.7 Å². The van der Waals surface area contributed by atoms with Crippen molar-refractivity contribution < 1.29 is 14.3 Å². The summed E-state index contributed by atoms with van der Waals surface area (Å²) in [6.07, 6.45) is 11.5. The largest absolute Gasteiger partial charge is 0.487 e. The van der Waals surface area contributed by atoms with Crippen molar-refractivity contribution in [2.75, 3.05) is 30.3 Å². The fraction of sp³-hybridized carbons (Fsp3) is 0.324. The third-order valence-electron chi connectivity index (χ3n) is 8.14. The van der Waals surface area contributed by atoms with Gasteiger partial charge in [0.2, 0.25) is 5.88 Å². The predicted octanol–water partition coefficient (Wildman–Crippen LogP) is 6.03. The number of nitrogens with one attached hydrogen (secondary N) is 2. The number of aryl methyl sites for hydroxylation is 1. The van der Waals surface area contributed by atoms with Crippen LogP contribution in [0.3, 0.4) is 0 Å². The average Bonchev–Trinajstić information content (AvgIpc) is 3.55. The topological polar surface area (TPSA) is 93.5 Å². The van der Waals surface area contributed by atoms with Gasteiger partial charge in [-0.1, -0.05) is 25.5 Å². The van der Waals surface area contributed by atoms with Crippen molar-refractivity contribution >= 4 is 31.7 Å². The molecule has 1 aliphatic rings. The summed E-state index contributed by atoms with van der Waals surface area (Å²) in [7, 11) is 2.66. The zero-order valence-electron chi connectivity index (χ0n) is 27.2. The molecule has 0 saturated carbocycles. The van der Waals surface area contributed by atoms with Gasteiger partial charge in [-0.05, 0) is 62.2 Å². The lowest BCUT2D eigenvalue weighted by Gasteiger charge is -2.32. The molecule has 0 spiro atoms. The molecule has 4 aromatic rings. The number of carbonyl (C=O) groups excluding carboxylic acids is 1. The molecule has 2 N–H and O–H groups in total. The number of ether oxygens (including phenoxy) is 2. The fourth-order valence-electron chi connectivity index (χ4n) is 5.52. The van der Waals surface area contributed by atoms with Crippen LogP contribution in [0.1, 0.15) is 60.4 Å². The molecular formula is C37H43N6O3P. The van der Waals surface area contributed by atoms with Crippen molar-refractivity contribution in [2.45, 2.75) is 58.9 Å². The SMILES string of the molecule is C#Cc1ccc(OCc2cccc(OC3CCN(CC(=C)Nc4ccc(C(=O)CC)cc4NCc4cncn4CC)CC3)n2)c(P)c1. The maximum atomic E-state index is 12.5. The third-order valence-corrected chi connectivity index (χ3v) is 8.59. The van der Waals surface area contributed by atoms with Crippen LogP contribution in [-0.4, -0.2) is 51.0 Å². The molecular weight excluding hydrogens is 607 g/mol. The minimum atomic E-state index is 0.0853. The van der Waals surface area contributed by atoms with E-state index in [0.29, 0.717) is 37.6 Å². The van der Waals surface area contributed by atoms with Gasteiger partial charge in [0, 0.05) is 67.0 Å². The molecule has 0 radical (unpaired) electrons. The van der Waals surface area contributed by atoms with Crippen LogP contribution in [0.4, 0.5) is 11.4 Å². The van der Waals surface area contributed by atoms with Crippen molar-refractivity contribution in [3.05, 3.63) is 102 Å². The lowest BCUT2D eigenvalue weighted by Crippen LogP contribution is -2.39. The van der Waals surface area contributed by atoms with Gasteiger partial charge < -0.3 is 24.7 Å². The van der Waals surface area contributed by atoms with Crippen LogP contribution in [0, 0.1) is 12.3 Å². The zero-order valence-corrected chi connectivity index (χ0v) is 28.3. The van der Waals surface area contributed by atoms with Crippen molar-refractivity contribution in [1.82, 2.24) is 19.4 Å². The molecule has 9 nitrogen and oxygen atoms in total. The van der Waals surface area contributed by atoms with E-state index in [1.165, 1.54) is 0 Å². The Kier molecular flexibility index (Phi) is 11.7. The van der Waals surface area contributed by atoms with E-state index in [4.69, 9.17) is 15.9 Å². The Hall–Kier alpha value is -4.64. The van der Waals surface area contributed by atoms with E-state index in [1.807, 2.05) is 74.0 Å². The number of benzene rings is 2. The first kappa shape index (κ1) is 33.7. The van der Waals surface area contributed by atoms with Gasteiger partial charge in [-0.15, -0.1) is 15.7 Å². The summed E-state index contributed by atoms with van der Waals surface area (Å²) in [6.45, 7) is 12.5. The normalized spacial score (nSPS) is 13.5. The van der Waals surface area contributed by atoms with E-state index in [-0.39, 0.29) is 11.9 Å². The molecule has 2 aromatic carbocycles. The number of pyridine rings is 1. The second-order valence-electron chi connectivity index (χ2n) is 11.5. The van der Waals surface area contributed by atoms with Gasteiger partial charge in [-0.2, -0.15) is 0 Å². The Balaban J connectivity index is 1.12. The number of Topliss-reactive ketones (excluding diaryl/α,β-unsaturated/α-hetero) is 1. The number of likely N-dealkylation sites (tertiary alicyclic amines) is 1. The molecule has 1 saturated heterocycles. The van der Waals surface area contributed by atoms with Gasteiger partial charge in [0.15, 0.2) is 5.78 Å². The number of aromatic nitrogens is 3. The van der Waals surface area contributed by atoms with Gasteiger partial charge in [0.25, 0.3) is 0 Å². The van der Waals surface area contributed by atoms with Gasteiger partial charge in [0.05, 0.1) is 35.6 Å². The molecule has 1 atom stereocenters. The van der Waals surface area contributed by atoms with Crippen molar-refractivity contribution in [1.29, 1.82) is 0 Å². The lowest BCUT2D eigenvalue weighted by molar-refractivity contribution is 0.0987. The molecule has 0 amide bonds. The predicted molar refractivity (Wildman–Crippen MR) is 191 cm³/mol. The van der Waals surface area contributed by atoms with E-state index in [9.17, 15) is 4.79 Å². The van der Waals surface area contributed by atoms with Crippen LogP contribution in [0.5, 0.6) is 11.6 Å². The minimum Gasteiger partial charge on any atom is -0.487 e. The zero-order chi connectivity index (χ0) is 33.2. The first-order valence-electron chi connectivity index (χ1n) is 16.0. The lowest BCUT2D eigenvalue weighted by atomic mass is 10.1. The van der Waals surface area contributed by atoms with Crippen LogP contribution >= 0.6 is 9.24 Å². The average molecular weight is 651 g/mol. The van der Waals surface area contributed by atoms with Crippen molar-refractivity contribution in [3.63, 3.8) is 0 Å². The summed E-state index contributed by atoms with van der Waals surface area (Å²) < 4.78 is 14.4. The highest BCUT2D eigenvalue weighted by molar-refractivity contribution is 7.27. The molecule has 1 unspecified atom stereocenters. The second kappa shape index (κ2) is 16.3. The Labute approximate surface area is 280 Å². The van der Waals surface area contributed by atoms with Crippen LogP contribution in [0.15, 0.2) is 79.4 Å². The number of hydrogen-bond donors (Lipinski definition) is 2. The van der Waals surface area contributed by atoms with E-state index in [2.05, 4.69) is 58.7 Å². The summed E-state index contributed by atoms with van der Waals surface area (Å²) in [5.74, 6) is 4.10. The number of piperidine rings is 1. The first-order chi connectivity index (χ1) is 22.8. The van der Waals surface area contributed by atoms with Crippen molar-refractivity contribution in [2.24, 2.45) is 0 Å². The molecule has 0 aliphatic carbocycles. The highest BCUT2D eigenvalue weighted by Crippen LogP contribution is 2.27. The van der Waals surface area contributed by atoms with Gasteiger partial charge in [0.1, 0.15) is 18.5 Å². The van der Waals surface area contributed by atoms with Crippen LogP contribution in [0.25, 0.3) is 0 Å². The molecule has 244 valence electrons. The maximum Gasteiger partial charge on any atom is 0.213 e. The molecule has 47 heavy (non-hydrogen) atoms. The van der Waals surface area contributed by atoms with Gasteiger partial charge >= 0.3 is 0 Å². The summed E-state index contributed by atoms with van der Waals surface area (Å²) in [6, 6.07) is 17.2. The quantitative estimate of drug-likeness (QED) is 0.0916. The Morgan fingerprint density at radius 1 is 1.13 bits per heavy atom. The Morgan fingerprint density at radius 3 is 2.70 bits per heavy atom. The highest BCUT2D eigenvalue weighted by atomic mass is 31.0. The van der Waals surface area contributed by atoms with Gasteiger partial charge in [-0.3, -0.25) is 9.69 Å². The summed E-state index contributed by atoms with van der Waals surface area (Å²) in [5.41, 5.74) is 6.00. The molecule has 5 rings (SSSR count). The number of ketones is 1. The molecule has 10 heteroatoms. The van der Waals surface area contributed by atoms with E-state index >= 15 is 0 Å². The fourth-order valence-corrected chi connectivity index (χ4v) is 5.88. The van der Waals surface area contributed by atoms with Crippen LogP contribution in [0.2, 0.25) is 0 Å². The third kappa shape index (κ3) is 9.22. The highest BCUT2D eigenvalue weighted by Gasteiger charge is 2.22. The Bertz CT molecular complexity index is 1740. The molecule has 3 heterocycles. The maximum absolute atomic E-state index is 12.5. The molecule has 1 aliphatic heterocycles. The number of imidazole rings is 1. The summed E-state index contributed by atoms with van der Waals surface area (Å²) >= 11 is 0. The van der Waals surface area contributed by atoms with E-state index < -0.39 is 0 Å². The smallest absolute Gasteiger partial charge is 0.213 e. The van der Waals surface area contributed by atoms with E-state index in [1.54, 1.807) is 0 Å². The number of terminal acetylenes is 1. The van der Waals surface area contributed by atoms with E-state index in [0.717, 1.165) is 77.6 Å². The Morgan fingerprint density at radius 2 is 1.96 bits per heavy atom. The number of nitrogens with zero attached hydrogens (tertiary/aromatic N) is 4. The second-order valence-corrected chi connectivity index (χ2v) is 12.2.